The van der Waals surface area contributed by atoms with Gasteiger partial charge in [-0.05, 0) is 45.4 Å². The van der Waals surface area contributed by atoms with Crippen LogP contribution in [0.4, 0.5) is 10.5 Å². The van der Waals surface area contributed by atoms with E-state index in [1.807, 2.05) is 0 Å². The molecule has 0 aromatic heterocycles. The summed E-state index contributed by atoms with van der Waals surface area (Å²) in [5.41, 5.74) is 6.50. The highest BCUT2D eigenvalue weighted by molar-refractivity contribution is 5.81. The summed E-state index contributed by atoms with van der Waals surface area (Å²) in [5.74, 6) is -0.495. The predicted molar refractivity (Wildman–Crippen MR) is 84.3 cm³/mol. The third-order valence-electron chi connectivity index (χ3n) is 2.68. The summed E-state index contributed by atoms with van der Waals surface area (Å²) in [4.78, 5) is 23.9. The van der Waals surface area contributed by atoms with Gasteiger partial charge in [0.2, 0.25) is 0 Å². The first kappa shape index (κ1) is 17.8. The Kier molecular flexibility index (Phi) is 6.22. The van der Waals surface area contributed by atoms with Gasteiger partial charge in [-0.3, -0.25) is 0 Å². The molecule has 0 heterocycles. The Hall–Kier alpha value is -2.24. The summed E-state index contributed by atoms with van der Waals surface area (Å²) in [6.45, 7) is 7.22. The molecule has 0 saturated carbocycles. The lowest BCUT2D eigenvalue weighted by Crippen LogP contribution is -2.45. The number of nitrogens with one attached hydrogen (secondary N) is 1. The Labute approximate surface area is 131 Å². The number of rotatable bonds is 5. The molecule has 3 N–H and O–H groups in total. The van der Waals surface area contributed by atoms with Gasteiger partial charge in [0.25, 0.3) is 0 Å². The van der Waals surface area contributed by atoms with E-state index in [-0.39, 0.29) is 6.61 Å². The van der Waals surface area contributed by atoms with Crippen molar-refractivity contribution in [1.82, 2.24) is 5.32 Å². The van der Waals surface area contributed by atoms with E-state index in [1.165, 1.54) is 0 Å². The van der Waals surface area contributed by atoms with Crippen molar-refractivity contribution in [3.63, 3.8) is 0 Å². The van der Waals surface area contributed by atoms with E-state index in [0.717, 1.165) is 5.56 Å². The third kappa shape index (κ3) is 6.47. The maximum Gasteiger partial charge on any atom is 0.408 e. The van der Waals surface area contributed by atoms with Crippen molar-refractivity contribution in [2.45, 2.75) is 45.8 Å². The fourth-order valence-electron chi connectivity index (χ4n) is 1.78. The number of carbonyl (C=O) groups excluding carboxylic acids is 2. The monoisotopic (exact) mass is 308 g/mol. The molecule has 0 bridgehead atoms. The van der Waals surface area contributed by atoms with Crippen molar-refractivity contribution in [3.05, 3.63) is 29.8 Å². The number of hydrogen-bond acceptors (Lipinski definition) is 5. The second-order valence-electron chi connectivity index (χ2n) is 5.90. The second kappa shape index (κ2) is 7.68. The van der Waals surface area contributed by atoms with E-state index in [4.69, 9.17) is 15.2 Å². The molecule has 0 saturated heterocycles. The summed E-state index contributed by atoms with van der Waals surface area (Å²) in [6.07, 6.45) is -0.348. The summed E-state index contributed by atoms with van der Waals surface area (Å²) < 4.78 is 10.2. The zero-order chi connectivity index (χ0) is 16.8. The summed E-state index contributed by atoms with van der Waals surface area (Å²) in [5, 5.41) is 2.55. The Morgan fingerprint density at radius 1 is 1.23 bits per heavy atom. The van der Waals surface area contributed by atoms with Crippen LogP contribution in [0.2, 0.25) is 0 Å². The first-order valence-corrected chi connectivity index (χ1v) is 7.22. The Morgan fingerprint density at radius 2 is 1.82 bits per heavy atom. The number of ether oxygens (including phenoxy) is 2. The number of nitrogen functional groups attached to an aromatic ring is 1. The predicted octanol–water partition coefficient (Wildman–Crippen LogP) is 2.27. The van der Waals surface area contributed by atoms with Crippen LogP contribution in [-0.4, -0.2) is 30.3 Å². The van der Waals surface area contributed by atoms with Crippen molar-refractivity contribution in [2.75, 3.05) is 12.3 Å². The minimum absolute atomic E-state index is 0.243. The van der Waals surface area contributed by atoms with Crippen LogP contribution in [0.5, 0.6) is 0 Å². The molecule has 1 rings (SSSR count). The molecule has 6 nitrogen and oxygen atoms in total. The number of alkyl carbamates (subject to hydrolysis) is 1. The van der Waals surface area contributed by atoms with Gasteiger partial charge in [0.05, 0.1) is 6.61 Å². The zero-order valence-electron chi connectivity index (χ0n) is 13.5. The van der Waals surface area contributed by atoms with E-state index in [2.05, 4.69) is 5.32 Å². The average Bonchev–Trinajstić information content (AvgIpc) is 2.38. The van der Waals surface area contributed by atoms with E-state index < -0.39 is 23.7 Å². The first-order chi connectivity index (χ1) is 10.2. The number of amides is 1. The smallest absolute Gasteiger partial charge is 0.408 e. The molecular weight excluding hydrogens is 284 g/mol. The van der Waals surface area contributed by atoms with Gasteiger partial charge in [-0.1, -0.05) is 12.1 Å². The fraction of sp³-hybridized carbons (Fsp3) is 0.500. The van der Waals surface area contributed by atoms with Crippen molar-refractivity contribution in [2.24, 2.45) is 0 Å². The topological polar surface area (TPSA) is 90.6 Å². The van der Waals surface area contributed by atoms with Crippen LogP contribution in [0.25, 0.3) is 0 Å². The molecule has 1 atom stereocenters. The molecule has 0 spiro atoms. The minimum atomic E-state index is -0.807. The molecule has 22 heavy (non-hydrogen) atoms. The maximum atomic E-state index is 12.0. The van der Waals surface area contributed by atoms with Gasteiger partial charge in [0.1, 0.15) is 11.6 Å². The number of hydrogen-bond donors (Lipinski definition) is 2. The molecule has 0 aliphatic heterocycles. The highest BCUT2D eigenvalue weighted by Gasteiger charge is 2.25. The van der Waals surface area contributed by atoms with Gasteiger partial charge in [-0.15, -0.1) is 0 Å². The SMILES string of the molecule is CCOC(=O)C(Cc1ccc(N)cc1)NC(=O)OC(C)(C)C. The van der Waals surface area contributed by atoms with Crippen LogP contribution in [0.1, 0.15) is 33.3 Å². The summed E-state index contributed by atoms with van der Waals surface area (Å²) >= 11 is 0. The van der Waals surface area contributed by atoms with E-state index in [9.17, 15) is 9.59 Å². The van der Waals surface area contributed by atoms with Gasteiger partial charge >= 0.3 is 12.1 Å². The van der Waals surface area contributed by atoms with Crippen LogP contribution < -0.4 is 11.1 Å². The lowest BCUT2D eigenvalue weighted by molar-refractivity contribution is -0.145. The number of carbonyl (C=O) groups is 2. The number of esters is 1. The quantitative estimate of drug-likeness (QED) is 0.643. The van der Waals surface area contributed by atoms with E-state index in [0.29, 0.717) is 12.1 Å². The van der Waals surface area contributed by atoms with Gasteiger partial charge < -0.3 is 20.5 Å². The van der Waals surface area contributed by atoms with Crippen LogP contribution in [0.15, 0.2) is 24.3 Å². The molecule has 0 radical (unpaired) electrons. The Morgan fingerprint density at radius 3 is 2.32 bits per heavy atom. The normalized spacial score (nSPS) is 12.4. The molecule has 0 aliphatic carbocycles. The van der Waals surface area contributed by atoms with Crippen molar-refractivity contribution < 1.29 is 19.1 Å². The second-order valence-corrected chi connectivity index (χ2v) is 5.90. The maximum absolute atomic E-state index is 12.0. The molecule has 0 aliphatic rings. The van der Waals surface area contributed by atoms with Crippen LogP contribution in [0, 0.1) is 0 Å². The standard InChI is InChI=1S/C16H24N2O4/c1-5-21-14(19)13(18-15(20)22-16(2,3)4)10-11-6-8-12(17)9-7-11/h6-9,13H,5,10,17H2,1-4H3,(H,18,20). The van der Waals surface area contributed by atoms with Crippen LogP contribution >= 0.6 is 0 Å². The van der Waals surface area contributed by atoms with Crippen molar-refractivity contribution >= 4 is 17.7 Å². The van der Waals surface area contributed by atoms with E-state index in [1.54, 1.807) is 52.0 Å². The molecule has 1 amide bonds. The average molecular weight is 308 g/mol. The summed E-state index contributed by atoms with van der Waals surface area (Å²) in [6, 6.07) is 6.28. The molecule has 1 aromatic carbocycles. The van der Waals surface area contributed by atoms with Crippen LogP contribution in [0.3, 0.4) is 0 Å². The Bertz CT molecular complexity index is 506. The highest BCUT2D eigenvalue weighted by atomic mass is 16.6. The molecule has 122 valence electrons. The van der Waals surface area contributed by atoms with Crippen LogP contribution in [-0.2, 0) is 20.7 Å². The van der Waals surface area contributed by atoms with Crippen molar-refractivity contribution in [1.29, 1.82) is 0 Å². The molecule has 6 heteroatoms. The molecule has 0 fully saturated rings. The minimum Gasteiger partial charge on any atom is -0.464 e. The highest BCUT2D eigenvalue weighted by Crippen LogP contribution is 2.11. The Balaban J connectivity index is 2.77. The summed E-state index contributed by atoms with van der Waals surface area (Å²) in [7, 11) is 0. The first-order valence-electron chi connectivity index (χ1n) is 7.22. The van der Waals surface area contributed by atoms with Gasteiger partial charge in [-0.25, -0.2) is 9.59 Å². The fourth-order valence-corrected chi connectivity index (χ4v) is 1.78. The van der Waals surface area contributed by atoms with Crippen molar-refractivity contribution in [3.8, 4) is 0 Å². The zero-order valence-corrected chi connectivity index (χ0v) is 13.5. The molecule has 1 aromatic rings. The lowest BCUT2D eigenvalue weighted by atomic mass is 10.1. The van der Waals surface area contributed by atoms with Gasteiger partial charge in [0, 0.05) is 12.1 Å². The lowest BCUT2D eigenvalue weighted by Gasteiger charge is -2.23. The molecule has 1 unspecified atom stereocenters. The number of anilines is 1. The number of nitrogens with two attached hydrogens (primary N) is 1. The van der Waals surface area contributed by atoms with E-state index >= 15 is 0 Å². The largest absolute Gasteiger partial charge is 0.464 e. The third-order valence-corrected chi connectivity index (χ3v) is 2.68. The molecular formula is C16H24N2O4. The number of benzene rings is 1. The van der Waals surface area contributed by atoms with Gasteiger partial charge in [0.15, 0.2) is 0 Å². The van der Waals surface area contributed by atoms with Gasteiger partial charge in [-0.2, -0.15) is 0 Å².